The summed E-state index contributed by atoms with van der Waals surface area (Å²) < 4.78 is 6.31. The van der Waals surface area contributed by atoms with E-state index in [2.05, 4.69) is 30.5 Å². The average molecular weight is 244 g/mol. The van der Waals surface area contributed by atoms with Gasteiger partial charge in [0.25, 0.3) is 0 Å². The second-order valence-corrected chi connectivity index (χ2v) is 7.34. The van der Waals surface area contributed by atoms with Crippen LogP contribution in [-0.4, -0.2) is 53.8 Å². The molecule has 2 unspecified atom stereocenters. The fraction of sp³-hybridized carbons (Fsp3) is 1.00. The zero-order chi connectivity index (χ0) is 11.6. The molecule has 2 aliphatic rings. The molecule has 2 atom stereocenters. The summed E-state index contributed by atoms with van der Waals surface area (Å²) in [6.07, 6.45) is 3.07. The Labute approximate surface area is 103 Å². The quantitative estimate of drug-likeness (QED) is 0.812. The van der Waals surface area contributed by atoms with Gasteiger partial charge in [0, 0.05) is 36.7 Å². The van der Waals surface area contributed by atoms with Crippen LogP contribution in [0.3, 0.4) is 0 Å². The number of thioether (sulfide) groups is 1. The normalized spacial score (nSPS) is 35.4. The number of hydrogen-bond acceptors (Lipinski definition) is 4. The first-order valence-electron chi connectivity index (χ1n) is 6.31. The number of nitrogens with zero attached hydrogens (tertiary/aromatic N) is 1. The molecule has 3 nitrogen and oxygen atoms in total. The Hall–Kier alpha value is 0.230. The maximum atomic E-state index is 5.91. The molecule has 0 saturated carbocycles. The molecule has 0 amide bonds. The Kier molecular flexibility index (Phi) is 4.16. The molecule has 2 heterocycles. The van der Waals surface area contributed by atoms with Crippen LogP contribution in [0.4, 0.5) is 0 Å². The monoisotopic (exact) mass is 244 g/mol. The highest BCUT2D eigenvalue weighted by molar-refractivity contribution is 8.00. The van der Waals surface area contributed by atoms with Crippen LogP contribution in [-0.2, 0) is 4.74 Å². The van der Waals surface area contributed by atoms with E-state index in [1.807, 2.05) is 0 Å². The topological polar surface area (TPSA) is 38.5 Å². The summed E-state index contributed by atoms with van der Waals surface area (Å²) in [5, 5.41) is 0. The maximum Gasteiger partial charge on any atom is 0.0707 e. The summed E-state index contributed by atoms with van der Waals surface area (Å²) in [4.78, 5) is 2.56. The van der Waals surface area contributed by atoms with Crippen molar-refractivity contribution in [2.45, 2.75) is 43.6 Å². The first-order chi connectivity index (χ1) is 7.59. The summed E-state index contributed by atoms with van der Waals surface area (Å²) in [7, 11) is 0. The number of rotatable bonds is 3. The second kappa shape index (κ2) is 5.25. The summed E-state index contributed by atoms with van der Waals surface area (Å²) in [6, 6.07) is 0. The molecule has 0 aromatic carbocycles. The van der Waals surface area contributed by atoms with Crippen LogP contribution in [0.1, 0.15) is 26.7 Å². The van der Waals surface area contributed by atoms with Gasteiger partial charge in [-0.2, -0.15) is 11.8 Å². The van der Waals surface area contributed by atoms with Gasteiger partial charge in [-0.1, -0.05) is 0 Å². The minimum atomic E-state index is 0.317. The van der Waals surface area contributed by atoms with Crippen LogP contribution < -0.4 is 5.73 Å². The van der Waals surface area contributed by atoms with E-state index in [9.17, 15) is 0 Å². The molecule has 0 radical (unpaired) electrons. The minimum absolute atomic E-state index is 0.317. The van der Waals surface area contributed by atoms with Crippen molar-refractivity contribution in [3.05, 3.63) is 0 Å². The summed E-state index contributed by atoms with van der Waals surface area (Å²) in [5.74, 6) is 1.25. The lowest BCUT2D eigenvalue weighted by atomic mass is 10.1. The van der Waals surface area contributed by atoms with E-state index in [4.69, 9.17) is 10.5 Å². The summed E-state index contributed by atoms with van der Waals surface area (Å²) in [6.45, 7) is 8.84. The third kappa shape index (κ3) is 3.36. The molecule has 2 aliphatic heterocycles. The highest BCUT2D eigenvalue weighted by Gasteiger charge is 2.31. The lowest BCUT2D eigenvalue weighted by Crippen LogP contribution is -2.46. The zero-order valence-corrected chi connectivity index (χ0v) is 11.3. The van der Waals surface area contributed by atoms with Crippen molar-refractivity contribution >= 4 is 11.8 Å². The van der Waals surface area contributed by atoms with Crippen LogP contribution in [0.15, 0.2) is 0 Å². The molecule has 0 bridgehead atoms. The third-order valence-electron chi connectivity index (χ3n) is 3.42. The molecule has 0 aromatic heterocycles. The Bertz CT molecular complexity index is 235. The van der Waals surface area contributed by atoms with Crippen LogP contribution in [0.2, 0.25) is 0 Å². The van der Waals surface area contributed by atoms with Gasteiger partial charge in [0.1, 0.15) is 0 Å². The SMILES string of the molecule is CC1(C)CN(CC2CCC(CN)O2)CCS1. The largest absolute Gasteiger partial charge is 0.372 e. The first kappa shape index (κ1) is 12.7. The van der Waals surface area contributed by atoms with Gasteiger partial charge < -0.3 is 10.5 Å². The standard InChI is InChI=1S/C12H24N2OS/c1-12(2)9-14(5-6-16-12)8-11-4-3-10(7-13)15-11/h10-11H,3-9,13H2,1-2H3. The number of ether oxygens (including phenoxy) is 1. The lowest BCUT2D eigenvalue weighted by molar-refractivity contribution is 0.0263. The molecule has 4 heteroatoms. The molecule has 2 saturated heterocycles. The van der Waals surface area contributed by atoms with Crippen LogP contribution in [0, 0.1) is 0 Å². The molecule has 2 rings (SSSR count). The molecule has 94 valence electrons. The van der Waals surface area contributed by atoms with Crippen molar-refractivity contribution < 1.29 is 4.74 Å². The molecule has 16 heavy (non-hydrogen) atoms. The van der Waals surface area contributed by atoms with E-state index in [0.29, 0.717) is 23.5 Å². The minimum Gasteiger partial charge on any atom is -0.372 e. The number of nitrogens with two attached hydrogens (primary N) is 1. The first-order valence-corrected chi connectivity index (χ1v) is 7.29. The Balaban J connectivity index is 1.77. The van der Waals surface area contributed by atoms with Crippen molar-refractivity contribution in [3.8, 4) is 0 Å². The Morgan fingerprint density at radius 3 is 2.75 bits per heavy atom. The molecule has 0 spiro atoms. The van der Waals surface area contributed by atoms with E-state index in [1.165, 1.54) is 25.3 Å². The van der Waals surface area contributed by atoms with Gasteiger partial charge in [-0.05, 0) is 26.7 Å². The van der Waals surface area contributed by atoms with E-state index in [1.54, 1.807) is 0 Å². The van der Waals surface area contributed by atoms with Crippen molar-refractivity contribution in [1.82, 2.24) is 4.90 Å². The summed E-state index contributed by atoms with van der Waals surface area (Å²) >= 11 is 2.08. The molecule has 0 aromatic rings. The molecular formula is C12H24N2OS. The molecular weight excluding hydrogens is 220 g/mol. The van der Waals surface area contributed by atoms with Crippen molar-refractivity contribution in [2.75, 3.05) is 31.9 Å². The van der Waals surface area contributed by atoms with E-state index in [0.717, 1.165) is 13.0 Å². The lowest BCUT2D eigenvalue weighted by Gasteiger charge is -2.38. The predicted molar refractivity (Wildman–Crippen MR) is 69.9 cm³/mol. The highest BCUT2D eigenvalue weighted by Crippen LogP contribution is 2.30. The fourth-order valence-electron chi connectivity index (χ4n) is 2.65. The van der Waals surface area contributed by atoms with Gasteiger partial charge in [-0.3, -0.25) is 4.90 Å². The smallest absolute Gasteiger partial charge is 0.0707 e. The predicted octanol–water partition coefficient (Wildman–Crippen LogP) is 1.32. The third-order valence-corrected chi connectivity index (χ3v) is 4.72. The Morgan fingerprint density at radius 2 is 2.12 bits per heavy atom. The zero-order valence-electron chi connectivity index (χ0n) is 10.4. The molecule has 0 aliphatic carbocycles. The summed E-state index contributed by atoms with van der Waals surface area (Å²) in [5.41, 5.74) is 5.63. The van der Waals surface area contributed by atoms with E-state index < -0.39 is 0 Å². The van der Waals surface area contributed by atoms with Crippen molar-refractivity contribution in [3.63, 3.8) is 0 Å². The average Bonchev–Trinajstić information content (AvgIpc) is 2.64. The highest BCUT2D eigenvalue weighted by atomic mass is 32.2. The van der Waals surface area contributed by atoms with Crippen LogP contribution in [0.5, 0.6) is 0 Å². The van der Waals surface area contributed by atoms with Gasteiger partial charge in [-0.25, -0.2) is 0 Å². The van der Waals surface area contributed by atoms with Crippen molar-refractivity contribution in [2.24, 2.45) is 5.73 Å². The number of hydrogen-bond donors (Lipinski definition) is 1. The van der Waals surface area contributed by atoms with Gasteiger partial charge in [0.05, 0.1) is 12.2 Å². The maximum absolute atomic E-state index is 5.91. The van der Waals surface area contributed by atoms with E-state index in [-0.39, 0.29) is 0 Å². The van der Waals surface area contributed by atoms with Crippen LogP contribution in [0.25, 0.3) is 0 Å². The second-order valence-electron chi connectivity index (χ2n) is 5.54. The van der Waals surface area contributed by atoms with E-state index >= 15 is 0 Å². The van der Waals surface area contributed by atoms with Crippen LogP contribution >= 0.6 is 11.8 Å². The fourth-order valence-corrected chi connectivity index (χ4v) is 3.82. The van der Waals surface area contributed by atoms with Gasteiger partial charge in [0.15, 0.2) is 0 Å². The molecule has 2 fully saturated rings. The van der Waals surface area contributed by atoms with Gasteiger partial charge in [-0.15, -0.1) is 0 Å². The molecule has 2 N–H and O–H groups in total. The van der Waals surface area contributed by atoms with Gasteiger partial charge >= 0.3 is 0 Å². The van der Waals surface area contributed by atoms with Gasteiger partial charge in [0.2, 0.25) is 0 Å². The Morgan fingerprint density at radius 1 is 1.38 bits per heavy atom. The van der Waals surface area contributed by atoms with Crippen molar-refractivity contribution in [1.29, 1.82) is 0 Å².